The SMILES string of the molecule is CCOC(=O)c1c(NC(=S)NCc2ccccc2)sc2c1CC(C)(CC)OC2. The van der Waals surface area contributed by atoms with Crippen LogP contribution in [0, 0.1) is 0 Å². The third kappa shape index (κ3) is 4.71. The highest BCUT2D eigenvalue weighted by Gasteiger charge is 2.35. The van der Waals surface area contributed by atoms with Gasteiger partial charge in [0.05, 0.1) is 24.4 Å². The van der Waals surface area contributed by atoms with Crippen molar-refractivity contribution in [2.24, 2.45) is 0 Å². The number of hydrogen-bond donors (Lipinski definition) is 2. The van der Waals surface area contributed by atoms with Crippen LogP contribution in [0.5, 0.6) is 0 Å². The zero-order chi connectivity index (χ0) is 20.1. The topological polar surface area (TPSA) is 59.6 Å². The van der Waals surface area contributed by atoms with Gasteiger partial charge in [0.25, 0.3) is 0 Å². The van der Waals surface area contributed by atoms with Gasteiger partial charge in [-0.15, -0.1) is 11.3 Å². The van der Waals surface area contributed by atoms with Crippen molar-refractivity contribution >= 4 is 39.6 Å². The van der Waals surface area contributed by atoms with Crippen molar-refractivity contribution in [3.8, 4) is 0 Å². The first-order valence-corrected chi connectivity index (χ1v) is 10.7. The number of thiophene rings is 1. The van der Waals surface area contributed by atoms with Crippen LogP contribution in [0.3, 0.4) is 0 Å². The average molecular weight is 419 g/mol. The highest BCUT2D eigenvalue weighted by molar-refractivity contribution is 7.80. The Hall–Kier alpha value is -1.96. The predicted molar refractivity (Wildman–Crippen MR) is 117 cm³/mol. The second-order valence-electron chi connectivity index (χ2n) is 6.99. The summed E-state index contributed by atoms with van der Waals surface area (Å²) >= 11 is 6.97. The molecule has 1 unspecified atom stereocenters. The van der Waals surface area contributed by atoms with E-state index in [1.54, 1.807) is 0 Å². The molecule has 28 heavy (non-hydrogen) atoms. The van der Waals surface area contributed by atoms with Crippen molar-refractivity contribution in [3.63, 3.8) is 0 Å². The van der Waals surface area contributed by atoms with Gasteiger partial charge in [0.2, 0.25) is 0 Å². The van der Waals surface area contributed by atoms with E-state index in [1.807, 2.05) is 37.3 Å². The number of carbonyl (C=O) groups excluding carboxylic acids is 1. The minimum atomic E-state index is -0.311. The summed E-state index contributed by atoms with van der Waals surface area (Å²) in [6, 6.07) is 10.0. The second kappa shape index (κ2) is 9.03. The van der Waals surface area contributed by atoms with Crippen molar-refractivity contribution in [1.29, 1.82) is 0 Å². The van der Waals surface area contributed by atoms with Crippen LogP contribution in [0.2, 0.25) is 0 Å². The van der Waals surface area contributed by atoms with Crippen LogP contribution < -0.4 is 10.6 Å². The molecule has 2 aromatic rings. The number of nitrogens with one attached hydrogen (secondary N) is 2. The molecule has 1 aliphatic heterocycles. The fraction of sp³-hybridized carbons (Fsp3) is 0.429. The molecule has 1 aromatic heterocycles. The van der Waals surface area contributed by atoms with E-state index in [0.717, 1.165) is 27.4 Å². The van der Waals surface area contributed by atoms with E-state index in [0.29, 0.717) is 36.9 Å². The van der Waals surface area contributed by atoms with E-state index in [4.69, 9.17) is 21.7 Å². The summed E-state index contributed by atoms with van der Waals surface area (Å²) in [7, 11) is 0. The van der Waals surface area contributed by atoms with Crippen molar-refractivity contribution < 1.29 is 14.3 Å². The van der Waals surface area contributed by atoms with E-state index in [9.17, 15) is 4.79 Å². The fourth-order valence-corrected chi connectivity index (χ4v) is 4.50. The first-order valence-electron chi connectivity index (χ1n) is 9.50. The van der Waals surface area contributed by atoms with Gasteiger partial charge in [-0.05, 0) is 43.6 Å². The van der Waals surface area contributed by atoms with Crippen LogP contribution in [0.25, 0.3) is 0 Å². The summed E-state index contributed by atoms with van der Waals surface area (Å²) in [5, 5.41) is 7.60. The number of anilines is 1. The zero-order valence-corrected chi connectivity index (χ0v) is 18.1. The van der Waals surface area contributed by atoms with Gasteiger partial charge in [-0.25, -0.2) is 4.79 Å². The molecule has 7 heteroatoms. The third-order valence-electron chi connectivity index (χ3n) is 4.94. The Morgan fingerprint density at radius 2 is 2.07 bits per heavy atom. The fourth-order valence-electron chi connectivity index (χ4n) is 3.14. The van der Waals surface area contributed by atoms with Gasteiger partial charge < -0.3 is 20.1 Å². The molecule has 0 saturated carbocycles. The standard InChI is InChI=1S/C21H26N2O3S2/c1-4-21(3)11-15-16(13-26-21)28-18(17(15)19(24)25-5-2)23-20(27)22-12-14-9-7-6-8-10-14/h6-10H,4-5,11-13H2,1-3H3,(H2,22,23,27). The quantitative estimate of drug-likeness (QED) is 0.526. The Labute approximate surface area is 175 Å². The Morgan fingerprint density at radius 1 is 1.32 bits per heavy atom. The van der Waals surface area contributed by atoms with Gasteiger partial charge in [-0.3, -0.25) is 0 Å². The third-order valence-corrected chi connectivity index (χ3v) is 6.31. The Bertz CT molecular complexity index is 851. The van der Waals surface area contributed by atoms with Crippen LogP contribution in [-0.4, -0.2) is 23.3 Å². The van der Waals surface area contributed by atoms with E-state index in [1.165, 1.54) is 11.3 Å². The van der Waals surface area contributed by atoms with Crippen LogP contribution in [0.1, 0.15) is 53.6 Å². The molecule has 0 aliphatic carbocycles. The van der Waals surface area contributed by atoms with E-state index >= 15 is 0 Å². The molecule has 2 N–H and O–H groups in total. The number of hydrogen-bond acceptors (Lipinski definition) is 5. The minimum Gasteiger partial charge on any atom is -0.462 e. The number of rotatable bonds is 6. The highest BCUT2D eigenvalue weighted by Crippen LogP contribution is 2.41. The molecular formula is C21H26N2O3S2. The summed E-state index contributed by atoms with van der Waals surface area (Å²) in [6.07, 6.45) is 1.57. The Kier molecular flexibility index (Phi) is 6.69. The molecule has 0 saturated heterocycles. The molecule has 5 nitrogen and oxygen atoms in total. The first kappa shape index (κ1) is 20.8. The molecule has 1 aliphatic rings. The van der Waals surface area contributed by atoms with Crippen molar-refractivity contribution in [1.82, 2.24) is 5.32 Å². The highest BCUT2D eigenvalue weighted by atomic mass is 32.1. The largest absolute Gasteiger partial charge is 0.462 e. The number of ether oxygens (including phenoxy) is 2. The molecule has 0 fully saturated rings. The number of fused-ring (bicyclic) bond motifs is 1. The van der Waals surface area contributed by atoms with Gasteiger partial charge in [0.1, 0.15) is 5.00 Å². The summed E-state index contributed by atoms with van der Waals surface area (Å²) in [5.41, 5.74) is 2.48. The summed E-state index contributed by atoms with van der Waals surface area (Å²) in [4.78, 5) is 13.8. The lowest BCUT2D eigenvalue weighted by atomic mass is 9.89. The molecule has 1 aromatic carbocycles. The van der Waals surface area contributed by atoms with Crippen molar-refractivity contribution in [2.75, 3.05) is 11.9 Å². The zero-order valence-electron chi connectivity index (χ0n) is 16.5. The normalized spacial score (nSPS) is 18.2. The van der Waals surface area contributed by atoms with Crippen LogP contribution >= 0.6 is 23.6 Å². The van der Waals surface area contributed by atoms with E-state index < -0.39 is 0 Å². The molecular weight excluding hydrogens is 392 g/mol. The van der Waals surface area contributed by atoms with Crippen LogP contribution in [0.15, 0.2) is 30.3 Å². The summed E-state index contributed by atoms with van der Waals surface area (Å²) in [5.74, 6) is -0.311. The Morgan fingerprint density at radius 3 is 2.75 bits per heavy atom. The first-order chi connectivity index (χ1) is 13.5. The minimum absolute atomic E-state index is 0.265. The molecule has 0 spiro atoms. The smallest absolute Gasteiger partial charge is 0.341 e. The molecule has 0 amide bonds. The monoisotopic (exact) mass is 418 g/mol. The number of thiocarbonyl (C=S) groups is 1. The number of benzene rings is 1. The number of esters is 1. The molecule has 150 valence electrons. The second-order valence-corrected chi connectivity index (χ2v) is 8.50. The van der Waals surface area contributed by atoms with Gasteiger partial charge in [0, 0.05) is 17.8 Å². The molecule has 1 atom stereocenters. The van der Waals surface area contributed by atoms with E-state index in [-0.39, 0.29) is 11.6 Å². The lowest BCUT2D eigenvalue weighted by Crippen LogP contribution is -2.34. The number of carbonyl (C=O) groups is 1. The van der Waals surface area contributed by atoms with Crippen LogP contribution in [0.4, 0.5) is 5.00 Å². The van der Waals surface area contributed by atoms with E-state index in [2.05, 4.69) is 24.5 Å². The Balaban J connectivity index is 1.80. The molecule has 2 heterocycles. The molecule has 0 radical (unpaired) electrons. The lowest BCUT2D eigenvalue weighted by molar-refractivity contribution is -0.0548. The van der Waals surface area contributed by atoms with Gasteiger partial charge in [0.15, 0.2) is 5.11 Å². The average Bonchev–Trinajstić information content (AvgIpc) is 3.04. The predicted octanol–water partition coefficient (Wildman–Crippen LogP) is 4.65. The van der Waals surface area contributed by atoms with Crippen molar-refractivity contribution in [2.45, 2.75) is 52.4 Å². The maximum absolute atomic E-state index is 12.7. The maximum Gasteiger partial charge on any atom is 0.341 e. The van der Waals surface area contributed by atoms with Crippen molar-refractivity contribution in [3.05, 3.63) is 51.9 Å². The summed E-state index contributed by atoms with van der Waals surface area (Å²) in [6.45, 7) is 7.45. The van der Waals surface area contributed by atoms with Crippen LogP contribution in [-0.2, 0) is 29.0 Å². The lowest BCUT2D eigenvalue weighted by Gasteiger charge is -2.33. The maximum atomic E-state index is 12.7. The summed E-state index contributed by atoms with van der Waals surface area (Å²) < 4.78 is 11.4. The molecule has 3 rings (SSSR count). The van der Waals surface area contributed by atoms with Gasteiger partial charge in [-0.1, -0.05) is 37.3 Å². The van der Waals surface area contributed by atoms with Gasteiger partial charge in [-0.2, -0.15) is 0 Å². The molecule has 0 bridgehead atoms. The van der Waals surface area contributed by atoms with Gasteiger partial charge >= 0.3 is 5.97 Å².